The summed E-state index contributed by atoms with van der Waals surface area (Å²) in [5, 5.41) is 8.85. The molecule has 1 aromatic rings. The minimum absolute atomic E-state index is 0.0147. The van der Waals surface area contributed by atoms with Crippen LogP contribution >= 0.6 is 0 Å². The summed E-state index contributed by atoms with van der Waals surface area (Å²) in [5.74, 6) is -0.910. The number of hydrogen-bond acceptors (Lipinski definition) is 1. The molecule has 2 nitrogen and oxygen atoms in total. The van der Waals surface area contributed by atoms with Crippen molar-refractivity contribution in [2.45, 2.75) is 37.8 Å². The summed E-state index contributed by atoms with van der Waals surface area (Å²) < 4.78 is 37.6. The Morgan fingerprint density at radius 2 is 2.00 bits per heavy atom. The highest BCUT2D eigenvalue weighted by atomic mass is 19.4. The maximum atomic E-state index is 12.5. The van der Waals surface area contributed by atoms with Gasteiger partial charge in [-0.25, -0.2) is 0 Å². The van der Waals surface area contributed by atoms with Crippen molar-refractivity contribution in [1.82, 2.24) is 0 Å². The van der Waals surface area contributed by atoms with Crippen LogP contribution in [0.2, 0.25) is 0 Å². The molecule has 5 heteroatoms. The fourth-order valence-electron chi connectivity index (χ4n) is 2.42. The molecule has 0 bridgehead atoms. The standard InChI is InChI=1S/C13H13F3O2/c1-8-6-9(13(14,15)16)2-3-10(8)12(4-5-12)7-11(17)18/h2-3,6H,4-5,7H2,1H3,(H,17,18). The number of aryl methyl sites for hydroxylation is 1. The fraction of sp³-hybridized carbons (Fsp3) is 0.462. The van der Waals surface area contributed by atoms with Crippen LogP contribution in [0.5, 0.6) is 0 Å². The molecule has 1 saturated carbocycles. The first-order valence-electron chi connectivity index (χ1n) is 5.65. The lowest BCUT2D eigenvalue weighted by Crippen LogP contribution is -2.15. The van der Waals surface area contributed by atoms with E-state index in [-0.39, 0.29) is 6.42 Å². The zero-order chi connectivity index (χ0) is 13.6. The van der Waals surface area contributed by atoms with Crippen LogP contribution in [0.25, 0.3) is 0 Å². The van der Waals surface area contributed by atoms with Gasteiger partial charge in [0.25, 0.3) is 0 Å². The van der Waals surface area contributed by atoms with E-state index in [4.69, 9.17) is 5.11 Å². The Bertz CT molecular complexity index is 487. The number of halogens is 3. The molecule has 18 heavy (non-hydrogen) atoms. The minimum atomic E-state index is -4.35. The van der Waals surface area contributed by atoms with Gasteiger partial charge in [-0.2, -0.15) is 13.2 Å². The molecule has 0 saturated heterocycles. The van der Waals surface area contributed by atoms with E-state index in [2.05, 4.69) is 0 Å². The number of carboxylic acid groups (broad SMARTS) is 1. The van der Waals surface area contributed by atoms with Crippen LogP contribution in [0.1, 0.15) is 36.0 Å². The van der Waals surface area contributed by atoms with Gasteiger partial charge in [-0.3, -0.25) is 4.79 Å². The van der Waals surface area contributed by atoms with Crippen LogP contribution in [-0.2, 0) is 16.4 Å². The number of alkyl halides is 3. The Kier molecular flexibility index (Phi) is 2.87. The van der Waals surface area contributed by atoms with E-state index in [9.17, 15) is 18.0 Å². The third-order valence-electron chi connectivity index (χ3n) is 3.47. The maximum Gasteiger partial charge on any atom is 0.416 e. The van der Waals surface area contributed by atoms with Gasteiger partial charge in [-0.1, -0.05) is 6.07 Å². The zero-order valence-corrected chi connectivity index (χ0v) is 9.84. The molecule has 1 aliphatic rings. The Morgan fingerprint density at radius 3 is 2.39 bits per heavy atom. The van der Waals surface area contributed by atoms with Gasteiger partial charge in [0.05, 0.1) is 12.0 Å². The van der Waals surface area contributed by atoms with Crippen molar-refractivity contribution in [3.8, 4) is 0 Å². The molecule has 0 aliphatic heterocycles. The van der Waals surface area contributed by atoms with Gasteiger partial charge in [0.2, 0.25) is 0 Å². The third kappa shape index (κ3) is 2.35. The molecule has 0 amide bonds. The number of carbonyl (C=O) groups is 1. The van der Waals surface area contributed by atoms with E-state index in [1.54, 1.807) is 6.92 Å². The summed E-state index contributed by atoms with van der Waals surface area (Å²) in [5.41, 5.74) is 0.122. The van der Waals surface area contributed by atoms with Crippen LogP contribution in [0, 0.1) is 6.92 Å². The average molecular weight is 258 g/mol. The van der Waals surface area contributed by atoms with Crippen molar-refractivity contribution in [1.29, 1.82) is 0 Å². The molecule has 1 aromatic carbocycles. The van der Waals surface area contributed by atoms with Crippen LogP contribution in [-0.4, -0.2) is 11.1 Å². The lowest BCUT2D eigenvalue weighted by atomic mass is 9.88. The van der Waals surface area contributed by atoms with E-state index in [0.717, 1.165) is 30.5 Å². The van der Waals surface area contributed by atoms with Crippen LogP contribution < -0.4 is 0 Å². The topological polar surface area (TPSA) is 37.3 Å². The highest BCUT2D eigenvalue weighted by Gasteiger charge is 2.47. The van der Waals surface area contributed by atoms with Crippen molar-refractivity contribution in [3.63, 3.8) is 0 Å². The molecule has 0 radical (unpaired) electrons. The monoisotopic (exact) mass is 258 g/mol. The van der Waals surface area contributed by atoms with E-state index < -0.39 is 23.1 Å². The fourth-order valence-corrected chi connectivity index (χ4v) is 2.42. The molecular formula is C13H13F3O2. The summed E-state index contributed by atoms with van der Waals surface area (Å²) in [6, 6.07) is 3.55. The Hall–Kier alpha value is -1.52. The zero-order valence-electron chi connectivity index (χ0n) is 9.84. The van der Waals surface area contributed by atoms with E-state index in [1.807, 2.05) is 0 Å². The largest absolute Gasteiger partial charge is 0.481 e. The Balaban J connectivity index is 2.34. The Labute approximate surface area is 102 Å². The molecule has 0 unspecified atom stereocenters. The highest BCUT2D eigenvalue weighted by molar-refractivity contribution is 5.70. The molecule has 0 atom stereocenters. The van der Waals surface area contributed by atoms with E-state index in [1.165, 1.54) is 6.07 Å². The van der Waals surface area contributed by atoms with Crippen molar-refractivity contribution in [2.24, 2.45) is 0 Å². The predicted octanol–water partition coefficient (Wildman–Crippen LogP) is 3.52. The Morgan fingerprint density at radius 1 is 1.39 bits per heavy atom. The van der Waals surface area contributed by atoms with E-state index >= 15 is 0 Å². The van der Waals surface area contributed by atoms with Crippen LogP contribution in [0.15, 0.2) is 18.2 Å². The summed E-state index contributed by atoms with van der Waals surface area (Å²) in [6.07, 6.45) is -2.91. The third-order valence-corrected chi connectivity index (χ3v) is 3.47. The van der Waals surface area contributed by atoms with Gasteiger partial charge < -0.3 is 5.11 Å². The number of rotatable bonds is 3. The molecule has 98 valence electrons. The smallest absolute Gasteiger partial charge is 0.416 e. The van der Waals surface area contributed by atoms with Crippen molar-refractivity contribution in [3.05, 3.63) is 34.9 Å². The first-order valence-corrected chi connectivity index (χ1v) is 5.65. The van der Waals surface area contributed by atoms with Crippen LogP contribution in [0.3, 0.4) is 0 Å². The van der Waals surface area contributed by atoms with Gasteiger partial charge >= 0.3 is 12.1 Å². The lowest BCUT2D eigenvalue weighted by Gasteiger charge is -2.17. The number of carboxylic acids is 1. The van der Waals surface area contributed by atoms with Gasteiger partial charge in [-0.15, -0.1) is 0 Å². The summed E-state index contributed by atoms with van der Waals surface area (Å²) >= 11 is 0. The quantitative estimate of drug-likeness (QED) is 0.900. The second-order valence-corrected chi connectivity index (χ2v) is 4.88. The normalized spacial score (nSPS) is 17.6. The minimum Gasteiger partial charge on any atom is -0.481 e. The molecule has 0 spiro atoms. The molecule has 0 aromatic heterocycles. The number of hydrogen-bond donors (Lipinski definition) is 1. The van der Waals surface area contributed by atoms with Gasteiger partial charge in [-0.05, 0) is 43.0 Å². The first-order chi connectivity index (χ1) is 8.24. The molecule has 1 aliphatic carbocycles. The van der Waals surface area contributed by atoms with Gasteiger partial charge in [0.15, 0.2) is 0 Å². The molecular weight excluding hydrogens is 245 g/mol. The first kappa shape index (κ1) is 12.9. The average Bonchev–Trinajstić information content (AvgIpc) is 2.95. The molecule has 0 heterocycles. The van der Waals surface area contributed by atoms with Crippen LogP contribution in [0.4, 0.5) is 13.2 Å². The second kappa shape index (κ2) is 4.00. The predicted molar refractivity (Wildman–Crippen MR) is 59.3 cm³/mol. The molecule has 1 fully saturated rings. The lowest BCUT2D eigenvalue weighted by molar-refractivity contribution is -0.138. The summed E-state index contributed by atoms with van der Waals surface area (Å²) in [4.78, 5) is 10.8. The van der Waals surface area contributed by atoms with Crippen molar-refractivity contribution >= 4 is 5.97 Å². The molecule has 2 rings (SSSR count). The van der Waals surface area contributed by atoms with Gasteiger partial charge in [0, 0.05) is 5.41 Å². The SMILES string of the molecule is Cc1cc(C(F)(F)F)ccc1C1(CC(=O)O)CC1. The van der Waals surface area contributed by atoms with Crippen molar-refractivity contribution in [2.75, 3.05) is 0 Å². The van der Waals surface area contributed by atoms with E-state index in [0.29, 0.717) is 5.56 Å². The summed E-state index contributed by atoms with van der Waals surface area (Å²) in [7, 11) is 0. The van der Waals surface area contributed by atoms with Crippen molar-refractivity contribution < 1.29 is 23.1 Å². The summed E-state index contributed by atoms with van der Waals surface area (Å²) in [6.45, 7) is 1.60. The molecule has 1 N–H and O–H groups in total. The number of aliphatic carboxylic acids is 1. The maximum absolute atomic E-state index is 12.5. The second-order valence-electron chi connectivity index (χ2n) is 4.88. The van der Waals surface area contributed by atoms with Gasteiger partial charge in [0.1, 0.15) is 0 Å². The number of benzene rings is 1. The highest BCUT2D eigenvalue weighted by Crippen LogP contribution is 2.52.